The minimum atomic E-state index is -0.325. The summed E-state index contributed by atoms with van der Waals surface area (Å²) in [7, 11) is 0. The van der Waals surface area contributed by atoms with Crippen molar-refractivity contribution in [1.29, 1.82) is 0 Å². The van der Waals surface area contributed by atoms with Crippen LogP contribution in [-0.2, 0) is 11.8 Å². The van der Waals surface area contributed by atoms with E-state index in [4.69, 9.17) is 4.98 Å². The molecule has 1 aromatic rings. The van der Waals surface area contributed by atoms with E-state index in [9.17, 15) is 5.11 Å². The van der Waals surface area contributed by atoms with Crippen LogP contribution in [0.5, 0.6) is 0 Å². The number of hydrogen-bond donors (Lipinski definition) is 1. The first-order valence-corrected chi connectivity index (χ1v) is 6.61. The van der Waals surface area contributed by atoms with Gasteiger partial charge in [-0.25, -0.2) is 0 Å². The summed E-state index contributed by atoms with van der Waals surface area (Å²) in [4.78, 5) is 4.75. The number of nitrogens with zero attached hydrogens (tertiary/aromatic N) is 1. The largest absolute Gasteiger partial charge is 0.386 e. The van der Waals surface area contributed by atoms with Crippen molar-refractivity contribution in [3.63, 3.8) is 0 Å². The highest BCUT2D eigenvalue weighted by molar-refractivity contribution is 5.33. The molecule has 2 nitrogen and oxygen atoms in total. The molecule has 17 heavy (non-hydrogen) atoms. The van der Waals surface area contributed by atoms with Crippen LogP contribution in [-0.4, -0.2) is 10.1 Å². The zero-order valence-electron chi connectivity index (χ0n) is 11.0. The molecule has 92 valence electrons. The summed E-state index contributed by atoms with van der Waals surface area (Å²) >= 11 is 0. The summed E-state index contributed by atoms with van der Waals surface area (Å²) in [6, 6.07) is 4.29. The van der Waals surface area contributed by atoms with Crippen LogP contribution in [0.3, 0.4) is 0 Å². The van der Waals surface area contributed by atoms with Crippen LogP contribution in [0.4, 0.5) is 0 Å². The number of rotatable bonds is 0. The molecule has 1 N–H and O–H groups in total. The van der Waals surface area contributed by atoms with Crippen molar-refractivity contribution >= 4 is 0 Å². The average Bonchev–Trinajstić information content (AvgIpc) is 3.04. The molecule has 0 aromatic carbocycles. The van der Waals surface area contributed by atoms with E-state index in [-0.39, 0.29) is 16.9 Å². The zero-order chi connectivity index (χ0) is 12.3. The monoisotopic (exact) mass is 231 g/mol. The van der Waals surface area contributed by atoms with Gasteiger partial charge in [-0.15, -0.1) is 0 Å². The van der Waals surface area contributed by atoms with Crippen LogP contribution >= 0.6 is 0 Å². The van der Waals surface area contributed by atoms with Gasteiger partial charge in [-0.3, -0.25) is 4.98 Å². The first-order valence-electron chi connectivity index (χ1n) is 6.61. The van der Waals surface area contributed by atoms with Gasteiger partial charge in [0.15, 0.2) is 0 Å². The molecule has 0 bridgehead atoms. The highest BCUT2D eigenvalue weighted by atomic mass is 16.3. The van der Waals surface area contributed by atoms with Gasteiger partial charge in [-0.05, 0) is 37.3 Å². The highest BCUT2D eigenvalue weighted by Crippen LogP contribution is 2.60. The van der Waals surface area contributed by atoms with Crippen LogP contribution in [0.15, 0.2) is 12.1 Å². The Labute approximate surface area is 103 Å². The molecule has 0 aliphatic heterocycles. The fourth-order valence-corrected chi connectivity index (χ4v) is 2.86. The van der Waals surface area contributed by atoms with E-state index in [1.165, 1.54) is 18.4 Å². The quantitative estimate of drug-likeness (QED) is 0.744. The summed E-state index contributed by atoms with van der Waals surface area (Å²) in [5.41, 5.74) is 3.55. The molecular formula is C15H21NO. The van der Waals surface area contributed by atoms with Crippen molar-refractivity contribution in [2.24, 2.45) is 5.41 Å². The van der Waals surface area contributed by atoms with E-state index in [2.05, 4.69) is 32.9 Å². The van der Waals surface area contributed by atoms with Crippen molar-refractivity contribution in [3.05, 3.63) is 29.1 Å². The fraction of sp³-hybridized carbons (Fsp3) is 0.667. The van der Waals surface area contributed by atoms with Crippen molar-refractivity contribution in [3.8, 4) is 0 Å². The average molecular weight is 231 g/mol. The number of pyridine rings is 1. The third-order valence-corrected chi connectivity index (χ3v) is 4.40. The Morgan fingerprint density at radius 1 is 1.24 bits per heavy atom. The second kappa shape index (κ2) is 3.32. The van der Waals surface area contributed by atoms with Crippen LogP contribution in [0, 0.1) is 5.41 Å². The number of aliphatic hydroxyl groups is 1. The lowest BCUT2D eigenvalue weighted by atomic mass is 9.80. The van der Waals surface area contributed by atoms with Gasteiger partial charge in [-0.1, -0.05) is 26.8 Å². The molecule has 1 atom stereocenters. The van der Waals surface area contributed by atoms with Crippen LogP contribution in [0.1, 0.15) is 63.1 Å². The van der Waals surface area contributed by atoms with Gasteiger partial charge in [0.1, 0.15) is 6.10 Å². The van der Waals surface area contributed by atoms with Gasteiger partial charge in [0, 0.05) is 16.5 Å². The van der Waals surface area contributed by atoms with E-state index < -0.39 is 0 Å². The lowest BCUT2D eigenvalue weighted by Gasteiger charge is -2.30. The van der Waals surface area contributed by atoms with Crippen molar-refractivity contribution in [1.82, 2.24) is 4.98 Å². The molecule has 0 radical (unpaired) electrons. The Morgan fingerprint density at radius 3 is 2.53 bits per heavy atom. The summed E-state index contributed by atoms with van der Waals surface area (Å²) in [6.07, 6.45) is 4.25. The maximum atomic E-state index is 10.5. The maximum Gasteiger partial charge on any atom is 0.102 e. The molecule has 2 aliphatic carbocycles. The molecule has 0 saturated heterocycles. The van der Waals surface area contributed by atoms with Crippen molar-refractivity contribution in [2.75, 3.05) is 0 Å². The highest BCUT2D eigenvalue weighted by Gasteiger charge is 2.52. The van der Waals surface area contributed by atoms with Crippen LogP contribution in [0.2, 0.25) is 0 Å². The maximum absolute atomic E-state index is 10.5. The Balaban J connectivity index is 2.04. The third-order valence-electron chi connectivity index (χ3n) is 4.40. The zero-order valence-corrected chi connectivity index (χ0v) is 11.0. The number of hydrogen-bond acceptors (Lipinski definition) is 2. The van der Waals surface area contributed by atoms with E-state index in [1.807, 2.05) is 0 Å². The predicted molar refractivity (Wildman–Crippen MR) is 67.9 cm³/mol. The molecule has 1 aromatic heterocycles. The fourth-order valence-electron chi connectivity index (χ4n) is 2.86. The minimum absolute atomic E-state index is 0.0584. The number of aryl methyl sites for hydroxylation is 1. The van der Waals surface area contributed by atoms with Gasteiger partial charge in [-0.2, -0.15) is 0 Å². The molecular weight excluding hydrogens is 210 g/mol. The Morgan fingerprint density at radius 2 is 1.94 bits per heavy atom. The topological polar surface area (TPSA) is 33.1 Å². The molecule has 1 fully saturated rings. The first kappa shape index (κ1) is 11.2. The number of fused-ring (bicyclic) bond motifs is 1. The van der Waals surface area contributed by atoms with Crippen molar-refractivity contribution < 1.29 is 5.11 Å². The SMILES string of the molecule is CC(C)(C)c1ccc2c(n1)[C@H](O)C1(CC2)CC1. The predicted octanol–water partition coefficient (Wildman–Crippen LogP) is 3.14. The van der Waals surface area contributed by atoms with Crippen LogP contribution < -0.4 is 0 Å². The van der Waals surface area contributed by atoms with Gasteiger partial charge in [0.05, 0.1) is 5.69 Å². The minimum Gasteiger partial charge on any atom is -0.386 e. The molecule has 0 amide bonds. The van der Waals surface area contributed by atoms with Gasteiger partial charge in [0.2, 0.25) is 0 Å². The van der Waals surface area contributed by atoms with E-state index in [0.717, 1.165) is 24.2 Å². The molecule has 1 spiro atoms. The first-order chi connectivity index (χ1) is 7.92. The second-order valence-corrected chi connectivity index (χ2v) is 6.76. The normalized spacial score (nSPS) is 25.8. The molecule has 3 rings (SSSR count). The van der Waals surface area contributed by atoms with E-state index >= 15 is 0 Å². The molecule has 1 saturated carbocycles. The molecule has 1 heterocycles. The molecule has 2 aliphatic rings. The standard InChI is InChI=1S/C15H21NO/c1-14(2,3)11-5-4-10-6-7-15(8-9-15)13(17)12(10)16-11/h4-5,13,17H,6-9H2,1-3H3/t13-/m0/s1. The van der Waals surface area contributed by atoms with Gasteiger partial charge >= 0.3 is 0 Å². The molecule has 2 heteroatoms. The van der Waals surface area contributed by atoms with Crippen LogP contribution in [0.25, 0.3) is 0 Å². The summed E-state index contributed by atoms with van der Waals surface area (Å²) in [6.45, 7) is 6.51. The Kier molecular flexibility index (Phi) is 2.19. The second-order valence-electron chi connectivity index (χ2n) is 6.76. The van der Waals surface area contributed by atoms with E-state index in [0.29, 0.717) is 0 Å². The summed E-state index contributed by atoms with van der Waals surface area (Å²) in [5, 5.41) is 10.5. The van der Waals surface area contributed by atoms with Crippen molar-refractivity contribution in [2.45, 2.75) is 58.0 Å². The molecule has 0 unspecified atom stereocenters. The Hall–Kier alpha value is -0.890. The summed E-state index contributed by atoms with van der Waals surface area (Å²) < 4.78 is 0. The third kappa shape index (κ3) is 1.70. The lowest BCUT2D eigenvalue weighted by Crippen LogP contribution is -2.25. The van der Waals surface area contributed by atoms with Gasteiger partial charge < -0.3 is 5.11 Å². The van der Waals surface area contributed by atoms with E-state index in [1.54, 1.807) is 0 Å². The summed E-state index contributed by atoms with van der Waals surface area (Å²) in [5.74, 6) is 0. The number of aliphatic hydroxyl groups excluding tert-OH is 1. The smallest absolute Gasteiger partial charge is 0.102 e. The lowest BCUT2D eigenvalue weighted by molar-refractivity contribution is 0.0731. The Bertz CT molecular complexity index is 454. The van der Waals surface area contributed by atoms with Gasteiger partial charge in [0.25, 0.3) is 0 Å². The number of aromatic nitrogens is 1.